The molecule has 1 saturated heterocycles. The van der Waals surface area contributed by atoms with Gasteiger partial charge in [0.25, 0.3) is 11.5 Å². The molecule has 0 aliphatic carbocycles. The van der Waals surface area contributed by atoms with Crippen LogP contribution < -0.4 is 21.1 Å². The summed E-state index contributed by atoms with van der Waals surface area (Å²) in [4.78, 5) is 30.0. The summed E-state index contributed by atoms with van der Waals surface area (Å²) in [6, 6.07) is 5.49. The topological polar surface area (TPSA) is 77.2 Å². The summed E-state index contributed by atoms with van der Waals surface area (Å²) >= 11 is 6.29. The van der Waals surface area contributed by atoms with Gasteiger partial charge >= 0.3 is 0 Å². The number of carbonyl (C=O) groups excluding carboxylic acids is 1. The zero-order valence-electron chi connectivity index (χ0n) is 15.9. The number of benzene rings is 1. The molecule has 0 unspecified atom stereocenters. The molecule has 2 heterocycles. The number of nitrogens with one attached hydrogen (secondary N) is 3. The SMILES string of the molecule is Cc1cc(C)c(CNC(=O)c2cc(Cl)cc(N3CCNCC3)c2C)c(=O)[nH]1. The minimum Gasteiger partial charge on any atom is -0.369 e. The molecule has 1 aromatic heterocycles. The van der Waals surface area contributed by atoms with Crippen LogP contribution in [0.3, 0.4) is 0 Å². The van der Waals surface area contributed by atoms with Crippen LogP contribution in [0.4, 0.5) is 5.69 Å². The molecule has 27 heavy (non-hydrogen) atoms. The number of pyridine rings is 1. The van der Waals surface area contributed by atoms with E-state index in [4.69, 9.17) is 11.6 Å². The maximum absolute atomic E-state index is 12.8. The summed E-state index contributed by atoms with van der Waals surface area (Å²) in [5.74, 6) is -0.231. The monoisotopic (exact) mass is 388 g/mol. The number of aromatic nitrogens is 1. The fourth-order valence-corrected chi connectivity index (χ4v) is 3.71. The fraction of sp³-hybridized carbons (Fsp3) is 0.400. The molecule has 0 spiro atoms. The molecule has 0 bridgehead atoms. The Bertz CT molecular complexity index is 917. The molecule has 144 valence electrons. The van der Waals surface area contributed by atoms with Crippen LogP contribution >= 0.6 is 11.6 Å². The molecule has 0 saturated carbocycles. The largest absolute Gasteiger partial charge is 0.369 e. The van der Waals surface area contributed by atoms with E-state index in [1.165, 1.54) is 0 Å². The van der Waals surface area contributed by atoms with E-state index < -0.39 is 0 Å². The third-order valence-electron chi connectivity index (χ3n) is 4.97. The number of anilines is 1. The number of hydrogen-bond donors (Lipinski definition) is 3. The number of hydrogen-bond acceptors (Lipinski definition) is 4. The number of amides is 1. The van der Waals surface area contributed by atoms with E-state index in [2.05, 4.69) is 20.5 Å². The van der Waals surface area contributed by atoms with Crippen LogP contribution in [0.25, 0.3) is 0 Å². The molecular formula is C20H25ClN4O2. The van der Waals surface area contributed by atoms with Crippen molar-refractivity contribution in [3.63, 3.8) is 0 Å². The van der Waals surface area contributed by atoms with Crippen LogP contribution in [0, 0.1) is 20.8 Å². The third-order valence-corrected chi connectivity index (χ3v) is 5.19. The number of halogens is 1. The summed E-state index contributed by atoms with van der Waals surface area (Å²) in [5, 5.41) is 6.72. The van der Waals surface area contributed by atoms with Gasteiger partial charge in [-0.3, -0.25) is 9.59 Å². The molecule has 7 heteroatoms. The lowest BCUT2D eigenvalue weighted by Crippen LogP contribution is -2.44. The van der Waals surface area contributed by atoms with Gasteiger partial charge in [0.2, 0.25) is 0 Å². The predicted molar refractivity (Wildman–Crippen MR) is 109 cm³/mol. The Balaban J connectivity index is 1.83. The molecule has 3 N–H and O–H groups in total. The fourth-order valence-electron chi connectivity index (χ4n) is 3.50. The molecule has 1 aromatic carbocycles. The first-order valence-corrected chi connectivity index (χ1v) is 9.48. The summed E-state index contributed by atoms with van der Waals surface area (Å²) in [6.07, 6.45) is 0. The van der Waals surface area contributed by atoms with Gasteiger partial charge in [-0.15, -0.1) is 0 Å². The highest BCUT2D eigenvalue weighted by Gasteiger charge is 2.19. The van der Waals surface area contributed by atoms with Crippen molar-refractivity contribution in [1.29, 1.82) is 0 Å². The molecule has 0 atom stereocenters. The zero-order valence-corrected chi connectivity index (χ0v) is 16.7. The second-order valence-electron chi connectivity index (χ2n) is 6.96. The highest BCUT2D eigenvalue weighted by molar-refractivity contribution is 6.31. The predicted octanol–water partition coefficient (Wildman–Crippen LogP) is 2.29. The Labute approximate surface area is 163 Å². The van der Waals surface area contributed by atoms with Crippen molar-refractivity contribution in [3.8, 4) is 0 Å². The standard InChI is InChI=1S/C20H25ClN4O2/c1-12-8-13(2)24-20(27)17(12)11-23-19(26)16-9-15(21)10-18(14(16)3)25-6-4-22-5-7-25/h8-10,22H,4-7,11H2,1-3H3,(H,23,26)(H,24,27). The maximum atomic E-state index is 12.8. The molecule has 3 rings (SSSR count). The quantitative estimate of drug-likeness (QED) is 0.751. The summed E-state index contributed by atoms with van der Waals surface area (Å²) in [6.45, 7) is 9.38. The van der Waals surface area contributed by atoms with Crippen molar-refractivity contribution in [1.82, 2.24) is 15.6 Å². The van der Waals surface area contributed by atoms with Gasteiger partial charge in [-0.05, 0) is 50.1 Å². The van der Waals surface area contributed by atoms with E-state index in [1.807, 2.05) is 32.9 Å². The lowest BCUT2D eigenvalue weighted by molar-refractivity contribution is 0.0950. The second kappa shape index (κ2) is 8.15. The van der Waals surface area contributed by atoms with Crippen LogP contribution in [0.1, 0.15) is 32.7 Å². The van der Waals surface area contributed by atoms with Crippen LogP contribution in [0.5, 0.6) is 0 Å². The van der Waals surface area contributed by atoms with Crippen molar-refractivity contribution in [2.75, 3.05) is 31.1 Å². The Morgan fingerprint density at radius 2 is 1.89 bits per heavy atom. The van der Waals surface area contributed by atoms with Crippen molar-refractivity contribution in [2.45, 2.75) is 27.3 Å². The van der Waals surface area contributed by atoms with Gasteiger partial charge in [-0.25, -0.2) is 0 Å². The van der Waals surface area contributed by atoms with Gasteiger partial charge in [0.1, 0.15) is 0 Å². The summed E-state index contributed by atoms with van der Waals surface area (Å²) in [5.41, 5.74) is 4.48. The van der Waals surface area contributed by atoms with Crippen LogP contribution in [0.2, 0.25) is 5.02 Å². The number of piperazine rings is 1. The van der Waals surface area contributed by atoms with Crippen molar-refractivity contribution in [3.05, 3.63) is 61.5 Å². The number of carbonyl (C=O) groups is 1. The molecule has 1 aliphatic heterocycles. The van der Waals surface area contributed by atoms with E-state index in [9.17, 15) is 9.59 Å². The van der Waals surface area contributed by atoms with E-state index in [-0.39, 0.29) is 18.0 Å². The first-order valence-electron chi connectivity index (χ1n) is 9.10. The molecule has 1 amide bonds. The Morgan fingerprint density at radius 3 is 2.56 bits per heavy atom. The average Bonchev–Trinajstić information content (AvgIpc) is 2.63. The van der Waals surface area contributed by atoms with Crippen molar-refractivity contribution >= 4 is 23.2 Å². The Morgan fingerprint density at radius 1 is 1.19 bits per heavy atom. The van der Waals surface area contributed by atoms with Crippen LogP contribution in [0.15, 0.2) is 23.0 Å². The highest BCUT2D eigenvalue weighted by Crippen LogP contribution is 2.28. The van der Waals surface area contributed by atoms with Crippen LogP contribution in [-0.2, 0) is 6.54 Å². The normalized spacial score (nSPS) is 14.3. The lowest BCUT2D eigenvalue weighted by atomic mass is 10.0. The van der Waals surface area contributed by atoms with Crippen molar-refractivity contribution in [2.24, 2.45) is 0 Å². The van der Waals surface area contributed by atoms with Gasteiger partial charge in [-0.2, -0.15) is 0 Å². The van der Waals surface area contributed by atoms with Gasteiger partial charge in [-0.1, -0.05) is 11.6 Å². The maximum Gasteiger partial charge on any atom is 0.253 e. The van der Waals surface area contributed by atoms with E-state index >= 15 is 0 Å². The summed E-state index contributed by atoms with van der Waals surface area (Å²) < 4.78 is 0. The summed E-state index contributed by atoms with van der Waals surface area (Å²) in [7, 11) is 0. The molecule has 6 nitrogen and oxygen atoms in total. The van der Waals surface area contributed by atoms with E-state index in [1.54, 1.807) is 6.07 Å². The minimum absolute atomic E-state index is 0.169. The Kier molecular flexibility index (Phi) is 5.87. The lowest BCUT2D eigenvalue weighted by Gasteiger charge is -2.31. The molecular weight excluding hydrogens is 364 g/mol. The number of aryl methyl sites for hydroxylation is 2. The van der Waals surface area contributed by atoms with Crippen LogP contribution in [-0.4, -0.2) is 37.1 Å². The van der Waals surface area contributed by atoms with E-state index in [0.717, 1.165) is 48.7 Å². The van der Waals surface area contributed by atoms with Gasteiger partial charge < -0.3 is 20.5 Å². The number of H-pyrrole nitrogens is 1. The number of aromatic amines is 1. The van der Waals surface area contributed by atoms with Gasteiger partial charge in [0.15, 0.2) is 0 Å². The minimum atomic E-state index is -0.231. The van der Waals surface area contributed by atoms with Crippen molar-refractivity contribution < 1.29 is 4.79 Å². The molecule has 0 radical (unpaired) electrons. The van der Waals surface area contributed by atoms with E-state index in [0.29, 0.717) is 16.1 Å². The average molecular weight is 389 g/mol. The van der Waals surface area contributed by atoms with Gasteiger partial charge in [0, 0.05) is 60.3 Å². The highest BCUT2D eigenvalue weighted by atomic mass is 35.5. The number of rotatable bonds is 4. The molecule has 1 fully saturated rings. The molecule has 2 aromatic rings. The number of nitrogens with zero attached hydrogens (tertiary/aromatic N) is 1. The Hall–Kier alpha value is -2.31. The smallest absolute Gasteiger partial charge is 0.253 e. The third kappa shape index (κ3) is 4.34. The first kappa shape index (κ1) is 19.5. The zero-order chi connectivity index (χ0) is 19.6. The first-order chi connectivity index (χ1) is 12.9. The molecule has 1 aliphatic rings. The second-order valence-corrected chi connectivity index (χ2v) is 7.40. The van der Waals surface area contributed by atoms with Gasteiger partial charge in [0.05, 0.1) is 0 Å².